The number of benzene rings is 1. The number of rotatable bonds is 4. The topological polar surface area (TPSA) is 37.8 Å². The highest BCUT2D eigenvalue weighted by Crippen LogP contribution is 2.22. The van der Waals surface area contributed by atoms with Crippen LogP contribution >= 0.6 is 15.9 Å². The minimum atomic E-state index is 0.699. The summed E-state index contributed by atoms with van der Waals surface area (Å²) in [5.74, 6) is 0.800. The summed E-state index contributed by atoms with van der Waals surface area (Å²) in [7, 11) is 0. The van der Waals surface area contributed by atoms with Crippen LogP contribution in [-0.4, -0.2) is 16.0 Å². The standard InChI is InChI=1S/C15H16BrN3/c1-10-7-14(9-17-13-5-6-13)19-15(18-10)11-3-2-4-12(16)8-11/h2-4,7-8,13,17H,5-6,9H2,1H3. The molecule has 0 spiro atoms. The molecule has 1 fully saturated rings. The zero-order valence-corrected chi connectivity index (χ0v) is 12.4. The minimum Gasteiger partial charge on any atom is -0.308 e. The molecule has 1 aromatic heterocycles. The van der Waals surface area contributed by atoms with E-state index in [1.165, 1.54) is 12.8 Å². The Labute approximate surface area is 121 Å². The average Bonchev–Trinajstić information content (AvgIpc) is 3.20. The molecule has 19 heavy (non-hydrogen) atoms. The highest BCUT2D eigenvalue weighted by atomic mass is 79.9. The number of hydrogen-bond donors (Lipinski definition) is 1. The van der Waals surface area contributed by atoms with Crippen molar-refractivity contribution in [1.29, 1.82) is 0 Å². The SMILES string of the molecule is Cc1cc(CNC2CC2)nc(-c2cccc(Br)c2)n1. The molecule has 3 rings (SSSR count). The second kappa shape index (κ2) is 5.39. The minimum absolute atomic E-state index is 0.699. The number of aryl methyl sites for hydroxylation is 1. The number of aromatic nitrogens is 2. The Bertz CT molecular complexity index is 594. The summed E-state index contributed by atoms with van der Waals surface area (Å²) in [6.45, 7) is 2.85. The summed E-state index contributed by atoms with van der Waals surface area (Å²) < 4.78 is 1.05. The maximum Gasteiger partial charge on any atom is 0.159 e. The average molecular weight is 318 g/mol. The normalized spacial score (nSPS) is 14.6. The van der Waals surface area contributed by atoms with Gasteiger partial charge in [0.1, 0.15) is 0 Å². The Morgan fingerprint density at radius 3 is 2.84 bits per heavy atom. The summed E-state index contributed by atoms with van der Waals surface area (Å²) in [5, 5.41) is 3.49. The van der Waals surface area contributed by atoms with Crippen LogP contribution in [0.2, 0.25) is 0 Å². The fourth-order valence-electron chi connectivity index (χ4n) is 2.02. The van der Waals surface area contributed by atoms with Gasteiger partial charge in [0.15, 0.2) is 5.82 Å². The van der Waals surface area contributed by atoms with Crippen LogP contribution in [-0.2, 0) is 6.54 Å². The molecule has 0 unspecified atom stereocenters. The predicted molar refractivity (Wildman–Crippen MR) is 79.8 cm³/mol. The van der Waals surface area contributed by atoms with Crippen molar-refractivity contribution < 1.29 is 0 Å². The lowest BCUT2D eigenvalue weighted by molar-refractivity contribution is 0.672. The Kier molecular flexibility index (Phi) is 3.62. The zero-order chi connectivity index (χ0) is 13.2. The van der Waals surface area contributed by atoms with Crippen LogP contribution < -0.4 is 5.32 Å². The molecule has 0 saturated heterocycles. The molecule has 0 bridgehead atoms. The Morgan fingerprint density at radius 2 is 2.11 bits per heavy atom. The van der Waals surface area contributed by atoms with E-state index in [2.05, 4.69) is 37.3 Å². The molecule has 1 aliphatic rings. The van der Waals surface area contributed by atoms with Gasteiger partial charge in [-0.15, -0.1) is 0 Å². The van der Waals surface area contributed by atoms with Crippen molar-refractivity contribution in [3.8, 4) is 11.4 Å². The Balaban J connectivity index is 1.87. The number of halogens is 1. The van der Waals surface area contributed by atoms with Crippen LogP contribution in [0.4, 0.5) is 0 Å². The Morgan fingerprint density at radius 1 is 1.26 bits per heavy atom. The van der Waals surface area contributed by atoms with E-state index >= 15 is 0 Å². The van der Waals surface area contributed by atoms with Crippen LogP contribution in [0.15, 0.2) is 34.8 Å². The second-order valence-electron chi connectivity index (χ2n) is 4.99. The fraction of sp³-hybridized carbons (Fsp3) is 0.333. The molecule has 0 amide bonds. The van der Waals surface area contributed by atoms with Gasteiger partial charge < -0.3 is 5.32 Å². The molecule has 0 radical (unpaired) electrons. The fourth-order valence-corrected chi connectivity index (χ4v) is 2.42. The first kappa shape index (κ1) is 12.8. The van der Waals surface area contributed by atoms with Crippen molar-refractivity contribution in [2.75, 3.05) is 0 Å². The van der Waals surface area contributed by atoms with Gasteiger partial charge in [0.25, 0.3) is 0 Å². The van der Waals surface area contributed by atoms with Crippen molar-refractivity contribution in [1.82, 2.24) is 15.3 Å². The van der Waals surface area contributed by atoms with Crippen molar-refractivity contribution in [2.24, 2.45) is 0 Å². The van der Waals surface area contributed by atoms with Crippen LogP contribution in [0.5, 0.6) is 0 Å². The summed E-state index contributed by atoms with van der Waals surface area (Å²) in [6.07, 6.45) is 2.59. The maximum atomic E-state index is 4.65. The van der Waals surface area contributed by atoms with E-state index in [4.69, 9.17) is 0 Å². The molecule has 2 aromatic rings. The van der Waals surface area contributed by atoms with Crippen LogP contribution in [0.1, 0.15) is 24.2 Å². The molecular formula is C15H16BrN3. The van der Waals surface area contributed by atoms with Crippen molar-refractivity contribution in [2.45, 2.75) is 32.4 Å². The van der Waals surface area contributed by atoms with E-state index in [9.17, 15) is 0 Å². The predicted octanol–water partition coefficient (Wildman–Crippen LogP) is 3.47. The smallest absolute Gasteiger partial charge is 0.159 e. The van der Waals surface area contributed by atoms with Gasteiger partial charge in [-0.2, -0.15) is 0 Å². The second-order valence-corrected chi connectivity index (χ2v) is 5.91. The van der Waals surface area contributed by atoms with Gasteiger partial charge in [-0.05, 0) is 38.0 Å². The lowest BCUT2D eigenvalue weighted by Gasteiger charge is -2.07. The number of nitrogens with one attached hydrogen (secondary N) is 1. The zero-order valence-electron chi connectivity index (χ0n) is 10.9. The highest BCUT2D eigenvalue weighted by molar-refractivity contribution is 9.10. The summed E-state index contributed by atoms with van der Waals surface area (Å²) >= 11 is 3.49. The quantitative estimate of drug-likeness (QED) is 0.938. The molecule has 1 N–H and O–H groups in total. The van der Waals surface area contributed by atoms with E-state index in [0.29, 0.717) is 6.04 Å². The van der Waals surface area contributed by atoms with Gasteiger partial charge in [0.05, 0.1) is 5.69 Å². The van der Waals surface area contributed by atoms with Gasteiger partial charge in [-0.25, -0.2) is 9.97 Å². The molecule has 3 nitrogen and oxygen atoms in total. The van der Waals surface area contributed by atoms with Gasteiger partial charge in [0.2, 0.25) is 0 Å². The third-order valence-corrected chi connectivity index (χ3v) is 3.63. The molecule has 1 aromatic carbocycles. The maximum absolute atomic E-state index is 4.65. The molecule has 0 atom stereocenters. The van der Waals surface area contributed by atoms with Crippen molar-refractivity contribution >= 4 is 15.9 Å². The monoisotopic (exact) mass is 317 g/mol. The number of nitrogens with zero attached hydrogens (tertiary/aromatic N) is 2. The molecule has 1 saturated carbocycles. The molecule has 98 valence electrons. The van der Waals surface area contributed by atoms with E-state index in [1.807, 2.05) is 31.2 Å². The lowest BCUT2D eigenvalue weighted by atomic mass is 10.2. The first-order valence-electron chi connectivity index (χ1n) is 6.54. The summed E-state index contributed by atoms with van der Waals surface area (Å²) in [5.41, 5.74) is 3.12. The molecule has 1 aliphatic carbocycles. The molecule has 1 heterocycles. The van der Waals surface area contributed by atoms with Crippen LogP contribution in [0, 0.1) is 6.92 Å². The van der Waals surface area contributed by atoms with Crippen LogP contribution in [0.25, 0.3) is 11.4 Å². The van der Waals surface area contributed by atoms with Gasteiger partial charge in [-0.1, -0.05) is 28.1 Å². The number of hydrogen-bond acceptors (Lipinski definition) is 3. The van der Waals surface area contributed by atoms with Gasteiger partial charge in [0, 0.05) is 28.3 Å². The van der Waals surface area contributed by atoms with E-state index in [1.54, 1.807) is 0 Å². The molecule has 0 aliphatic heterocycles. The largest absolute Gasteiger partial charge is 0.308 e. The van der Waals surface area contributed by atoms with E-state index < -0.39 is 0 Å². The van der Waals surface area contributed by atoms with Crippen LogP contribution in [0.3, 0.4) is 0 Å². The van der Waals surface area contributed by atoms with Crippen molar-refractivity contribution in [3.63, 3.8) is 0 Å². The third kappa shape index (κ3) is 3.39. The lowest BCUT2D eigenvalue weighted by Crippen LogP contribution is -2.16. The van der Waals surface area contributed by atoms with Gasteiger partial charge in [-0.3, -0.25) is 0 Å². The van der Waals surface area contributed by atoms with Crippen molar-refractivity contribution in [3.05, 3.63) is 46.2 Å². The van der Waals surface area contributed by atoms with Gasteiger partial charge >= 0.3 is 0 Å². The summed E-state index contributed by atoms with van der Waals surface area (Å²) in [4.78, 5) is 9.18. The first-order chi connectivity index (χ1) is 9.20. The molecule has 4 heteroatoms. The van der Waals surface area contributed by atoms with E-state index in [-0.39, 0.29) is 0 Å². The third-order valence-electron chi connectivity index (χ3n) is 3.14. The Hall–Kier alpha value is -1.26. The molecular weight excluding hydrogens is 302 g/mol. The first-order valence-corrected chi connectivity index (χ1v) is 7.34. The van der Waals surface area contributed by atoms with E-state index in [0.717, 1.165) is 33.8 Å². The highest BCUT2D eigenvalue weighted by Gasteiger charge is 2.20. The summed E-state index contributed by atoms with van der Waals surface area (Å²) in [6, 6.07) is 10.9.